The van der Waals surface area contributed by atoms with E-state index in [-0.39, 0.29) is 0 Å². The Morgan fingerprint density at radius 1 is 0.690 bits per heavy atom. The van der Waals surface area contributed by atoms with Gasteiger partial charge in [0, 0.05) is 47.9 Å². The summed E-state index contributed by atoms with van der Waals surface area (Å²) in [6.07, 6.45) is 1.91. The van der Waals surface area contributed by atoms with Gasteiger partial charge in [-0.1, -0.05) is 66.7 Å². The van der Waals surface area contributed by atoms with Crippen LogP contribution in [-0.2, 0) is 0 Å². The van der Waals surface area contributed by atoms with Gasteiger partial charge in [-0.05, 0) is 29.1 Å². The molecule has 0 atom stereocenters. The first-order chi connectivity index (χ1) is 14.2. The van der Waals surface area contributed by atoms with Gasteiger partial charge in [0.2, 0.25) is 0 Å². The molecule has 0 amide bonds. The molecule has 0 saturated carbocycles. The van der Waals surface area contributed by atoms with Crippen LogP contribution in [0.15, 0.2) is 91.1 Å². The molecule has 2 heterocycles. The zero-order valence-electron chi connectivity index (χ0n) is 16.5. The molecule has 0 N–H and O–H groups in total. The fourth-order valence-electron chi connectivity index (χ4n) is 3.76. The lowest BCUT2D eigenvalue weighted by Gasteiger charge is -2.15. The van der Waals surface area contributed by atoms with Crippen LogP contribution in [-0.4, -0.2) is 24.1 Å². The largest absolute Gasteiger partial charge is 0.378 e. The Morgan fingerprint density at radius 3 is 2.17 bits per heavy atom. The normalized spacial score (nSPS) is 11.1. The maximum absolute atomic E-state index is 5.02. The summed E-state index contributed by atoms with van der Waals surface area (Å²) < 4.78 is 0. The Kier molecular flexibility index (Phi) is 4.21. The summed E-state index contributed by atoms with van der Waals surface area (Å²) in [4.78, 5) is 11.8. The number of hydrogen-bond acceptors (Lipinski definition) is 3. The zero-order valence-corrected chi connectivity index (χ0v) is 16.5. The van der Waals surface area contributed by atoms with E-state index in [1.54, 1.807) is 0 Å². The summed E-state index contributed by atoms with van der Waals surface area (Å²) in [7, 11) is 4.10. The van der Waals surface area contributed by atoms with Crippen LogP contribution in [0.5, 0.6) is 0 Å². The average molecular weight is 375 g/mol. The van der Waals surface area contributed by atoms with Gasteiger partial charge in [-0.15, -0.1) is 0 Å². The number of fused-ring (bicyclic) bond motifs is 3. The highest BCUT2D eigenvalue weighted by molar-refractivity contribution is 6.06. The van der Waals surface area contributed by atoms with Crippen molar-refractivity contribution in [3.05, 3.63) is 91.1 Å². The number of nitrogens with zero attached hydrogens (tertiary/aromatic N) is 3. The molecule has 3 nitrogen and oxygen atoms in total. The molecule has 0 aliphatic heterocycles. The lowest BCUT2D eigenvalue weighted by Crippen LogP contribution is -2.08. The molecule has 5 rings (SSSR count). The van der Waals surface area contributed by atoms with Gasteiger partial charge in [-0.2, -0.15) is 0 Å². The Bertz CT molecular complexity index is 1310. The van der Waals surface area contributed by atoms with Crippen LogP contribution in [0.2, 0.25) is 0 Å². The van der Waals surface area contributed by atoms with Crippen molar-refractivity contribution in [2.24, 2.45) is 0 Å². The van der Waals surface area contributed by atoms with Gasteiger partial charge < -0.3 is 4.90 Å². The minimum absolute atomic E-state index is 0.773. The molecule has 29 heavy (non-hydrogen) atoms. The minimum Gasteiger partial charge on any atom is -0.378 e. The first-order valence-corrected chi connectivity index (χ1v) is 9.72. The summed E-state index contributed by atoms with van der Waals surface area (Å²) in [5.74, 6) is 0. The quantitative estimate of drug-likeness (QED) is 0.352. The summed E-state index contributed by atoms with van der Waals surface area (Å²) in [5.41, 5.74) is 6.26. The number of rotatable bonds is 3. The second kappa shape index (κ2) is 7.02. The highest BCUT2D eigenvalue weighted by atomic mass is 15.1. The fourth-order valence-corrected chi connectivity index (χ4v) is 3.76. The third-order valence-corrected chi connectivity index (χ3v) is 5.32. The summed E-state index contributed by atoms with van der Waals surface area (Å²) >= 11 is 0. The first kappa shape index (κ1) is 17.4. The molecular formula is C26H21N3. The van der Waals surface area contributed by atoms with Crippen LogP contribution in [0.3, 0.4) is 0 Å². The van der Waals surface area contributed by atoms with Crippen molar-refractivity contribution in [1.82, 2.24) is 9.97 Å². The van der Waals surface area contributed by atoms with Crippen molar-refractivity contribution in [2.75, 3.05) is 19.0 Å². The highest BCUT2D eigenvalue weighted by Crippen LogP contribution is 2.35. The summed E-state index contributed by atoms with van der Waals surface area (Å²) in [6.45, 7) is 0. The Labute approximate surface area is 170 Å². The van der Waals surface area contributed by atoms with Gasteiger partial charge in [-0.25, -0.2) is 9.97 Å². The third kappa shape index (κ3) is 3.11. The van der Waals surface area contributed by atoms with Gasteiger partial charge in [-0.3, -0.25) is 0 Å². The number of aromatic nitrogens is 2. The molecule has 5 aromatic rings. The topological polar surface area (TPSA) is 29.0 Å². The number of hydrogen-bond donors (Lipinski definition) is 0. The second-order valence-electron chi connectivity index (χ2n) is 7.41. The molecule has 2 aromatic heterocycles. The van der Waals surface area contributed by atoms with E-state index in [1.807, 2.05) is 32.4 Å². The van der Waals surface area contributed by atoms with Crippen molar-refractivity contribution >= 4 is 27.5 Å². The maximum atomic E-state index is 5.02. The first-order valence-electron chi connectivity index (χ1n) is 9.72. The minimum atomic E-state index is 0.773. The molecule has 3 aromatic carbocycles. The third-order valence-electron chi connectivity index (χ3n) is 5.32. The van der Waals surface area contributed by atoms with E-state index in [0.717, 1.165) is 38.8 Å². The SMILES string of the molecule is CN(C)c1ccc(-c2nc3ncc4ccccc4c3cc2-c2ccccc2)cc1. The van der Waals surface area contributed by atoms with Gasteiger partial charge in [0.15, 0.2) is 5.65 Å². The second-order valence-corrected chi connectivity index (χ2v) is 7.41. The van der Waals surface area contributed by atoms with E-state index in [0.29, 0.717) is 0 Å². The Balaban J connectivity index is 1.81. The molecule has 0 saturated heterocycles. The lowest BCUT2D eigenvalue weighted by atomic mass is 9.96. The number of pyridine rings is 2. The van der Waals surface area contributed by atoms with Gasteiger partial charge in [0.1, 0.15) is 0 Å². The molecule has 0 radical (unpaired) electrons. The summed E-state index contributed by atoms with van der Waals surface area (Å²) in [5, 5.41) is 3.39. The van der Waals surface area contributed by atoms with E-state index < -0.39 is 0 Å². The Morgan fingerprint density at radius 2 is 1.41 bits per heavy atom. The van der Waals surface area contributed by atoms with Crippen molar-refractivity contribution in [2.45, 2.75) is 0 Å². The molecule has 0 bridgehead atoms. The average Bonchev–Trinajstić information content (AvgIpc) is 2.78. The van der Waals surface area contributed by atoms with Crippen LogP contribution in [0.4, 0.5) is 5.69 Å². The molecule has 0 unspecified atom stereocenters. The van der Waals surface area contributed by atoms with Crippen molar-refractivity contribution in [3.63, 3.8) is 0 Å². The molecule has 140 valence electrons. The molecule has 3 heteroatoms. The fraction of sp³-hybridized carbons (Fsp3) is 0.0769. The van der Waals surface area contributed by atoms with Gasteiger partial charge in [0.25, 0.3) is 0 Å². The summed E-state index contributed by atoms with van der Waals surface area (Å²) in [6, 6.07) is 29.6. The predicted molar refractivity (Wildman–Crippen MR) is 122 cm³/mol. The maximum Gasteiger partial charge on any atom is 0.160 e. The number of benzene rings is 3. The monoisotopic (exact) mass is 375 g/mol. The van der Waals surface area contributed by atoms with Crippen LogP contribution in [0, 0.1) is 0 Å². The van der Waals surface area contributed by atoms with E-state index in [9.17, 15) is 0 Å². The smallest absolute Gasteiger partial charge is 0.160 e. The van der Waals surface area contributed by atoms with Crippen molar-refractivity contribution < 1.29 is 0 Å². The standard InChI is InChI=1S/C26H21N3/c1-29(2)21-14-12-19(13-15-21)25-23(18-8-4-3-5-9-18)16-24-22-11-7-6-10-20(22)17-27-26(24)28-25/h3-17H,1-2H3. The van der Waals surface area contributed by atoms with Crippen molar-refractivity contribution in [1.29, 1.82) is 0 Å². The van der Waals surface area contributed by atoms with Crippen LogP contribution in [0.25, 0.3) is 44.2 Å². The van der Waals surface area contributed by atoms with Gasteiger partial charge >= 0.3 is 0 Å². The number of anilines is 1. The predicted octanol–water partition coefficient (Wildman–Crippen LogP) is 6.18. The van der Waals surface area contributed by atoms with Gasteiger partial charge in [0.05, 0.1) is 5.69 Å². The van der Waals surface area contributed by atoms with E-state index in [4.69, 9.17) is 4.98 Å². The zero-order chi connectivity index (χ0) is 19.8. The van der Waals surface area contributed by atoms with E-state index >= 15 is 0 Å². The molecule has 0 spiro atoms. The molecular weight excluding hydrogens is 354 g/mol. The lowest BCUT2D eigenvalue weighted by molar-refractivity contribution is 1.13. The molecule has 0 fully saturated rings. The van der Waals surface area contributed by atoms with E-state index in [2.05, 4.69) is 82.7 Å². The highest BCUT2D eigenvalue weighted by Gasteiger charge is 2.14. The van der Waals surface area contributed by atoms with E-state index in [1.165, 1.54) is 11.1 Å². The van der Waals surface area contributed by atoms with Crippen LogP contribution in [0.1, 0.15) is 0 Å². The van der Waals surface area contributed by atoms with Crippen LogP contribution < -0.4 is 4.90 Å². The van der Waals surface area contributed by atoms with Crippen LogP contribution >= 0.6 is 0 Å². The van der Waals surface area contributed by atoms with Crippen molar-refractivity contribution in [3.8, 4) is 22.4 Å². The molecule has 0 aliphatic rings. The molecule has 0 aliphatic carbocycles. The Hall–Kier alpha value is -3.72.